The van der Waals surface area contributed by atoms with Crippen LogP contribution in [0.15, 0.2) is 59.6 Å². The standard InChI is InChI=1S/C21H22N2OS/c1-16-9-10-17(2)19(15-16)22-21-23(13-6-14-25-21)20(24)12-11-18-7-4-3-5-8-18/h3-5,7-12,15H,6,13-14H2,1-2H3/b12-11+,22-21?. The monoisotopic (exact) mass is 350 g/mol. The second-order valence-electron chi connectivity index (χ2n) is 6.12. The van der Waals surface area contributed by atoms with Crippen molar-refractivity contribution in [1.29, 1.82) is 0 Å². The van der Waals surface area contributed by atoms with Crippen LogP contribution in [0.25, 0.3) is 6.08 Å². The number of hydrogen-bond acceptors (Lipinski definition) is 3. The number of amides is 1. The molecule has 0 saturated carbocycles. The highest BCUT2D eigenvalue weighted by molar-refractivity contribution is 8.13. The summed E-state index contributed by atoms with van der Waals surface area (Å²) in [6.45, 7) is 4.82. The molecule has 1 fully saturated rings. The Morgan fingerprint density at radius 2 is 1.96 bits per heavy atom. The Bertz CT molecular complexity index is 812. The molecule has 0 atom stereocenters. The number of hydrogen-bond donors (Lipinski definition) is 0. The smallest absolute Gasteiger partial charge is 0.252 e. The Morgan fingerprint density at radius 3 is 2.76 bits per heavy atom. The third-order valence-electron chi connectivity index (χ3n) is 4.05. The van der Waals surface area contributed by atoms with Crippen LogP contribution in [0.3, 0.4) is 0 Å². The summed E-state index contributed by atoms with van der Waals surface area (Å²) in [5.74, 6) is 0.982. The first kappa shape index (κ1) is 17.5. The van der Waals surface area contributed by atoms with Gasteiger partial charge in [0.2, 0.25) is 0 Å². The van der Waals surface area contributed by atoms with Gasteiger partial charge in [-0.25, -0.2) is 4.99 Å². The first-order chi connectivity index (χ1) is 12.1. The fourth-order valence-corrected chi connectivity index (χ4v) is 3.58. The number of carbonyl (C=O) groups is 1. The van der Waals surface area contributed by atoms with E-state index in [0.29, 0.717) is 6.54 Å². The maximum absolute atomic E-state index is 12.7. The Labute approximate surface area is 153 Å². The van der Waals surface area contributed by atoms with E-state index in [1.165, 1.54) is 5.56 Å². The Morgan fingerprint density at radius 1 is 1.16 bits per heavy atom. The van der Waals surface area contributed by atoms with Gasteiger partial charge in [-0.3, -0.25) is 9.69 Å². The highest BCUT2D eigenvalue weighted by Crippen LogP contribution is 2.26. The lowest BCUT2D eigenvalue weighted by molar-refractivity contribution is -0.122. The molecule has 1 amide bonds. The van der Waals surface area contributed by atoms with E-state index in [1.807, 2.05) is 43.3 Å². The van der Waals surface area contributed by atoms with E-state index in [1.54, 1.807) is 22.7 Å². The van der Waals surface area contributed by atoms with Gasteiger partial charge in [0.15, 0.2) is 5.17 Å². The minimum absolute atomic E-state index is 0.0138. The van der Waals surface area contributed by atoms with Crippen molar-refractivity contribution in [1.82, 2.24) is 4.90 Å². The third kappa shape index (κ3) is 4.60. The lowest BCUT2D eigenvalue weighted by atomic mass is 10.1. The molecule has 0 radical (unpaired) electrons. The summed E-state index contributed by atoms with van der Waals surface area (Å²) in [5.41, 5.74) is 4.26. The Balaban J connectivity index is 1.83. The van der Waals surface area contributed by atoms with Crippen LogP contribution >= 0.6 is 11.8 Å². The number of aliphatic imine (C=N–C) groups is 1. The molecular weight excluding hydrogens is 328 g/mol. The molecule has 1 aliphatic heterocycles. The highest BCUT2D eigenvalue weighted by atomic mass is 32.2. The van der Waals surface area contributed by atoms with Gasteiger partial charge in [-0.2, -0.15) is 0 Å². The van der Waals surface area contributed by atoms with Crippen molar-refractivity contribution in [3.63, 3.8) is 0 Å². The zero-order valence-corrected chi connectivity index (χ0v) is 15.4. The second-order valence-corrected chi connectivity index (χ2v) is 7.18. The molecule has 3 rings (SSSR count). The molecule has 4 heteroatoms. The van der Waals surface area contributed by atoms with Gasteiger partial charge in [-0.1, -0.05) is 54.2 Å². The summed E-state index contributed by atoms with van der Waals surface area (Å²) < 4.78 is 0. The number of aryl methyl sites for hydroxylation is 2. The number of amidine groups is 1. The quantitative estimate of drug-likeness (QED) is 0.732. The summed E-state index contributed by atoms with van der Waals surface area (Å²) in [6, 6.07) is 16.1. The molecule has 0 aliphatic carbocycles. The van der Waals surface area contributed by atoms with Crippen molar-refractivity contribution in [2.24, 2.45) is 4.99 Å². The lowest BCUT2D eigenvalue weighted by Gasteiger charge is -2.27. The van der Waals surface area contributed by atoms with Crippen LogP contribution in [0.2, 0.25) is 0 Å². The SMILES string of the molecule is Cc1ccc(C)c(N=C2SCCCN2C(=O)/C=C/c2ccccc2)c1. The third-order valence-corrected chi connectivity index (χ3v) is 5.12. The first-order valence-corrected chi connectivity index (χ1v) is 9.45. The van der Waals surface area contributed by atoms with Gasteiger partial charge >= 0.3 is 0 Å². The fourth-order valence-electron chi connectivity index (χ4n) is 2.62. The molecule has 1 aliphatic rings. The molecule has 2 aromatic carbocycles. The predicted octanol–water partition coefficient (Wildman–Crippen LogP) is 4.97. The number of thioether (sulfide) groups is 1. The zero-order chi connectivity index (χ0) is 17.6. The predicted molar refractivity (Wildman–Crippen MR) is 107 cm³/mol. The van der Waals surface area contributed by atoms with E-state index in [0.717, 1.165) is 34.2 Å². The number of rotatable bonds is 3. The van der Waals surface area contributed by atoms with Gasteiger partial charge in [-0.05, 0) is 49.1 Å². The van der Waals surface area contributed by atoms with Crippen LogP contribution < -0.4 is 0 Å². The van der Waals surface area contributed by atoms with E-state index in [-0.39, 0.29) is 5.91 Å². The number of nitrogens with zero attached hydrogens (tertiary/aromatic N) is 2. The van der Waals surface area contributed by atoms with Crippen LogP contribution in [0.4, 0.5) is 5.69 Å². The van der Waals surface area contributed by atoms with Crippen molar-refractivity contribution in [2.75, 3.05) is 12.3 Å². The molecule has 1 saturated heterocycles. The second kappa shape index (κ2) is 8.17. The molecule has 3 nitrogen and oxygen atoms in total. The Hall–Kier alpha value is -2.33. The van der Waals surface area contributed by atoms with E-state index in [2.05, 4.69) is 25.1 Å². The molecule has 0 aromatic heterocycles. The van der Waals surface area contributed by atoms with Crippen molar-refractivity contribution < 1.29 is 4.79 Å². The normalized spacial score (nSPS) is 16.6. The number of benzene rings is 2. The van der Waals surface area contributed by atoms with E-state index < -0.39 is 0 Å². The van der Waals surface area contributed by atoms with E-state index >= 15 is 0 Å². The summed E-state index contributed by atoms with van der Waals surface area (Å²) in [6.07, 6.45) is 4.48. The Kier molecular flexibility index (Phi) is 5.71. The summed E-state index contributed by atoms with van der Waals surface area (Å²) in [7, 11) is 0. The maximum Gasteiger partial charge on any atom is 0.252 e. The molecule has 128 valence electrons. The van der Waals surface area contributed by atoms with Gasteiger partial charge in [0.05, 0.1) is 5.69 Å². The van der Waals surface area contributed by atoms with E-state index in [4.69, 9.17) is 4.99 Å². The molecule has 2 aromatic rings. The topological polar surface area (TPSA) is 32.7 Å². The first-order valence-electron chi connectivity index (χ1n) is 8.47. The van der Waals surface area contributed by atoms with Gasteiger partial charge in [0, 0.05) is 18.4 Å². The van der Waals surface area contributed by atoms with Crippen LogP contribution in [-0.2, 0) is 4.79 Å². The summed E-state index contributed by atoms with van der Waals surface area (Å²) in [4.78, 5) is 19.2. The molecule has 0 N–H and O–H groups in total. The van der Waals surface area contributed by atoms with Crippen molar-refractivity contribution >= 4 is 34.6 Å². The highest BCUT2D eigenvalue weighted by Gasteiger charge is 2.22. The van der Waals surface area contributed by atoms with Crippen molar-refractivity contribution in [3.8, 4) is 0 Å². The van der Waals surface area contributed by atoms with Crippen LogP contribution in [0.5, 0.6) is 0 Å². The van der Waals surface area contributed by atoms with Crippen LogP contribution in [0, 0.1) is 13.8 Å². The van der Waals surface area contributed by atoms with E-state index in [9.17, 15) is 4.79 Å². The minimum atomic E-state index is -0.0138. The molecular formula is C21H22N2OS. The average molecular weight is 350 g/mol. The lowest BCUT2D eigenvalue weighted by Crippen LogP contribution is -2.38. The largest absolute Gasteiger partial charge is 0.288 e. The molecule has 25 heavy (non-hydrogen) atoms. The fraction of sp³-hybridized carbons (Fsp3) is 0.238. The molecule has 1 heterocycles. The van der Waals surface area contributed by atoms with Gasteiger partial charge in [0.1, 0.15) is 0 Å². The number of carbonyl (C=O) groups excluding carboxylic acids is 1. The summed E-state index contributed by atoms with van der Waals surface area (Å²) in [5, 5.41) is 0.794. The maximum atomic E-state index is 12.7. The average Bonchev–Trinajstić information content (AvgIpc) is 2.64. The van der Waals surface area contributed by atoms with Crippen LogP contribution in [-0.4, -0.2) is 28.3 Å². The summed E-state index contributed by atoms with van der Waals surface area (Å²) >= 11 is 1.65. The zero-order valence-electron chi connectivity index (χ0n) is 14.6. The van der Waals surface area contributed by atoms with Gasteiger partial charge < -0.3 is 0 Å². The van der Waals surface area contributed by atoms with Gasteiger partial charge in [-0.15, -0.1) is 0 Å². The van der Waals surface area contributed by atoms with Gasteiger partial charge in [0.25, 0.3) is 5.91 Å². The van der Waals surface area contributed by atoms with Crippen molar-refractivity contribution in [2.45, 2.75) is 20.3 Å². The minimum Gasteiger partial charge on any atom is -0.288 e. The van der Waals surface area contributed by atoms with Crippen molar-refractivity contribution in [3.05, 3.63) is 71.3 Å². The van der Waals surface area contributed by atoms with Crippen LogP contribution in [0.1, 0.15) is 23.1 Å². The molecule has 0 unspecified atom stereocenters. The molecule has 0 bridgehead atoms. The molecule has 0 spiro atoms.